The summed E-state index contributed by atoms with van der Waals surface area (Å²) in [5.41, 5.74) is 5.66. The number of nitrogens with two attached hydrogens (primary N) is 1. The van der Waals surface area contributed by atoms with Crippen LogP contribution in [0.25, 0.3) is 0 Å². The van der Waals surface area contributed by atoms with Crippen molar-refractivity contribution in [1.82, 2.24) is 4.90 Å². The molecule has 2 atom stereocenters. The average molecular weight is 210 g/mol. The second kappa shape index (κ2) is 5.33. The Morgan fingerprint density at radius 3 is 2.53 bits per heavy atom. The van der Waals surface area contributed by atoms with E-state index in [1.807, 2.05) is 19.1 Å². The summed E-state index contributed by atoms with van der Waals surface area (Å²) >= 11 is 0. The summed E-state index contributed by atoms with van der Waals surface area (Å²) in [5, 5.41) is 0. The van der Waals surface area contributed by atoms with Gasteiger partial charge in [-0.3, -0.25) is 4.90 Å². The fourth-order valence-electron chi connectivity index (χ4n) is 1.59. The van der Waals surface area contributed by atoms with Crippen molar-refractivity contribution in [1.29, 1.82) is 0 Å². The van der Waals surface area contributed by atoms with Crippen LogP contribution in [0.3, 0.4) is 0 Å². The van der Waals surface area contributed by atoms with Crippen LogP contribution in [0.15, 0.2) is 16.5 Å². The van der Waals surface area contributed by atoms with Gasteiger partial charge in [-0.25, -0.2) is 0 Å². The summed E-state index contributed by atoms with van der Waals surface area (Å²) in [6.45, 7) is 7.92. The molecule has 0 aromatic carbocycles. The summed E-state index contributed by atoms with van der Waals surface area (Å²) in [6.07, 6.45) is 0. The van der Waals surface area contributed by atoms with Crippen LogP contribution in [0.5, 0.6) is 0 Å². The molecule has 2 unspecified atom stereocenters. The average Bonchev–Trinajstić information content (AvgIpc) is 2.61. The van der Waals surface area contributed by atoms with Crippen molar-refractivity contribution < 1.29 is 4.42 Å². The monoisotopic (exact) mass is 210 g/mol. The maximum absolute atomic E-state index is 5.66. The molecule has 2 N–H and O–H groups in total. The minimum absolute atomic E-state index is 0.473. The van der Waals surface area contributed by atoms with Crippen molar-refractivity contribution >= 4 is 0 Å². The smallest absolute Gasteiger partial charge is 0.118 e. The van der Waals surface area contributed by atoms with Crippen molar-refractivity contribution in [3.63, 3.8) is 0 Å². The van der Waals surface area contributed by atoms with Gasteiger partial charge < -0.3 is 10.2 Å². The van der Waals surface area contributed by atoms with Crippen molar-refractivity contribution in [2.24, 2.45) is 11.7 Å². The fraction of sp³-hybridized carbons (Fsp3) is 0.667. The van der Waals surface area contributed by atoms with E-state index in [0.29, 0.717) is 12.0 Å². The zero-order chi connectivity index (χ0) is 11.4. The van der Waals surface area contributed by atoms with E-state index in [4.69, 9.17) is 10.2 Å². The standard InChI is InChI=1S/C12H22N2O/c1-9(7-13)11(3)14(4)8-12-6-5-10(2)15-12/h5-6,9,11H,7-8,13H2,1-4H3. The molecule has 0 amide bonds. The molecule has 86 valence electrons. The van der Waals surface area contributed by atoms with E-state index in [0.717, 1.165) is 24.6 Å². The molecule has 0 spiro atoms. The van der Waals surface area contributed by atoms with E-state index < -0.39 is 0 Å². The van der Waals surface area contributed by atoms with Crippen LogP contribution in [0.2, 0.25) is 0 Å². The number of furan rings is 1. The zero-order valence-corrected chi connectivity index (χ0v) is 10.2. The highest BCUT2D eigenvalue weighted by Crippen LogP contribution is 2.13. The zero-order valence-electron chi connectivity index (χ0n) is 10.2. The first-order valence-corrected chi connectivity index (χ1v) is 5.50. The Morgan fingerprint density at radius 2 is 2.07 bits per heavy atom. The Bertz CT molecular complexity index is 296. The van der Waals surface area contributed by atoms with Gasteiger partial charge >= 0.3 is 0 Å². The third-order valence-corrected chi connectivity index (χ3v) is 3.09. The Morgan fingerprint density at radius 1 is 1.40 bits per heavy atom. The number of hydrogen-bond acceptors (Lipinski definition) is 3. The molecule has 3 nitrogen and oxygen atoms in total. The van der Waals surface area contributed by atoms with Crippen LogP contribution < -0.4 is 5.73 Å². The third kappa shape index (κ3) is 3.36. The van der Waals surface area contributed by atoms with Gasteiger partial charge in [-0.15, -0.1) is 0 Å². The van der Waals surface area contributed by atoms with E-state index in [9.17, 15) is 0 Å². The summed E-state index contributed by atoms with van der Waals surface area (Å²) in [4.78, 5) is 2.27. The largest absolute Gasteiger partial charge is 0.465 e. The van der Waals surface area contributed by atoms with Gasteiger partial charge in [0.15, 0.2) is 0 Å². The molecule has 15 heavy (non-hydrogen) atoms. The van der Waals surface area contributed by atoms with Crippen LogP contribution in [0.4, 0.5) is 0 Å². The lowest BCUT2D eigenvalue weighted by molar-refractivity contribution is 0.181. The predicted molar refractivity (Wildman–Crippen MR) is 62.6 cm³/mol. The Labute approximate surface area is 92.2 Å². The van der Waals surface area contributed by atoms with Crippen LogP contribution in [0, 0.1) is 12.8 Å². The lowest BCUT2D eigenvalue weighted by Gasteiger charge is -2.28. The molecule has 0 fully saturated rings. The summed E-state index contributed by atoms with van der Waals surface area (Å²) < 4.78 is 5.54. The van der Waals surface area contributed by atoms with E-state index in [1.165, 1.54) is 0 Å². The highest BCUT2D eigenvalue weighted by atomic mass is 16.3. The predicted octanol–water partition coefficient (Wildman–Crippen LogP) is 2.00. The van der Waals surface area contributed by atoms with Crippen LogP contribution in [-0.2, 0) is 6.54 Å². The maximum atomic E-state index is 5.66. The molecular weight excluding hydrogens is 188 g/mol. The molecule has 0 saturated heterocycles. The lowest BCUT2D eigenvalue weighted by atomic mass is 10.0. The number of rotatable bonds is 5. The molecule has 1 aromatic rings. The second-order valence-electron chi connectivity index (χ2n) is 4.38. The molecule has 1 rings (SSSR count). The van der Waals surface area contributed by atoms with E-state index in [-0.39, 0.29) is 0 Å². The fourth-order valence-corrected chi connectivity index (χ4v) is 1.59. The minimum Gasteiger partial charge on any atom is -0.465 e. The molecule has 0 aliphatic rings. The van der Waals surface area contributed by atoms with Gasteiger partial charge in [0.1, 0.15) is 11.5 Å². The van der Waals surface area contributed by atoms with Crippen molar-refractivity contribution in [3.8, 4) is 0 Å². The van der Waals surface area contributed by atoms with Gasteiger partial charge in [-0.2, -0.15) is 0 Å². The van der Waals surface area contributed by atoms with Crippen LogP contribution in [0.1, 0.15) is 25.4 Å². The quantitative estimate of drug-likeness (QED) is 0.808. The number of aryl methyl sites for hydroxylation is 1. The summed E-state index contributed by atoms with van der Waals surface area (Å²) in [5.74, 6) is 2.50. The molecule has 3 heteroatoms. The van der Waals surface area contributed by atoms with Gasteiger partial charge in [0.05, 0.1) is 6.54 Å². The van der Waals surface area contributed by atoms with Gasteiger partial charge in [0, 0.05) is 6.04 Å². The first-order chi connectivity index (χ1) is 7.04. The van der Waals surface area contributed by atoms with Gasteiger partial charge in [0.25, 0.3) is 0 Å². The summed E-state index contributed by atoms with van der Waals surface area (Å²) in [7, 11) is 2.11. The topological polar surface area (TPSA) is 42.4 Å². The van der Waals surface area contributed by atoms with Gasteiger partial charge in [0.2, 0.25) is 0 Å². The molecule has 0 aliphatic heterocycles. The third-order valence-electron chi connectivity index (χ3n) is 3.09. The van der Waals surface area contributed by atoms with E-state index in [1.54, 1.807) is 0 Å². The molecule has 1 heterocycles. The lowest BCUT2D eigenvalue weighted by Crippen LogP contribution is -2.37. The minimum atomic E-state index is 0.473. The molecule has 0 bridgehead atoms. The first-order valence-electron chi connectivity index (χ1n) is 5.50. The van der Waals surface area contributed by atoms with E-state index >= 15 is 0 Å². The molecule has 0 radical (unpaired) electrons. The molecule has 0 aliphatic carbocycles. The second-order valence-corrected chi connectivity index (χ2v) is 4.38. The summed E-state index contributed by atoms with van der Waals surface area (Å²) in [6, 6.07) is 4.51. The Kier molecular flexibility index (Phi) is 4.36. The van der Waals surface area contributed by atoms with Gasteiger partial charge in [-0.1, -0.05) is 6.92 Å². The van der Waals surface area contributed by atoms with Crippen molar-refractivity contribution in [2.45, 2.75) is 33.4 Å². The van der Waals surface area contributed by atoms with E-state index in [2.05, 4.69) is 25.8 Å². The Balaban J connectivity index is 2.51. The van der Waals surface area contributed by atoms with Gasteiger partial charge in [-0.05, 0) is 45.5 Å². The first kappa shape index (κ1) is 12.3. The Hall–Kier alpha value is -0.800. The SMILES string of the molecule is Cc1ccc(CN(C)C(C)C(C)CN)o1. The highest BCUT2D eigenvalue weighted by Gasteiger charge is 2.16. The maximum Gasteiger partial charge on any atom is 0.118 e. The molecule has 1 aromatic heterocycles. The van der Waals surface area contributed by atoms with Crippen LogP contribution >= 0.6 is 0 Å². The van der Waals surface area contributed by atoms with Crippen molar-refractivity contribution in [3.05, 3.63) is 23.7 Å². The normalized spacial score (nSPS) is 15.6. The van der Waals surface area contributed by atoms with Crippen LogP contribution in [-0.4, -0.2) is 24.5 Å². The molecule has 0 saturated carbocycles. The van der Waals surface area contributed by atoms with Crippen molar-refractivity contribution in [2.75, 3.05) is 13.6 Å². The highest BCUT2D eigenvalue weighted by molar-refractivity contribution is 5.05. The number of nitrogens with zero attached hydrogens (tertiary/aromatic N) is 1. The number of hydrogen-bond donors (Lipinski definition) is 1. The molecular formula is C12H22N2O.